The van der Waals surface area contributed by atoms with Crippen LogP contribution < -0.4 is 10.6 Å². The summed E-state index contributed by atoms with van der Waals surface area (Å²) in [6, 6.07) is 8.41. The summed E-state index contributed by atoms with van der Waals surface area (Å²) < 4.78 is 36.1. The lowest BCUT2D eigenvalue weighted by Gasteiger charge is -2.46. The van der Waals surface area contributed by atoms with E-state index in [4.69, 9.17) is 36.7 Å². The zero-order chi connectivity index (χ0) is 26.1. The van der Waals surface area contributed by atoms with E-state index in [9.17, 15) is 8.78 Å². The maximum absolute atomic E-state index is 12.5. The van der Waals surface area contributed by atoms with Crippen molar-refractivity contribution in [1.82, 2.24) is 20.1 Å². The number of halogens is 3. The molecule has 3 heterocycles. The van der Waals surface area contributed by atoms with Gasteiger partial charge in [-0.15, -0.1) is 5.10 Å². The van der Waals surface area contributed by atoms with E-state index in [1.165, 1.54) is 5.56 Å². The summed E-state index contributed by atoms with van der Waals surface area (Å²) >= 11 is 6.03. The van der Waals surface area contributed by atoms with E-state index in [2.05, 4.69) is 25.0 Å². The first-order valence-corrected chi connectivity index (χ1v) is 12.2. The number of piperidine rings is 1. The first-order chi connectivity index (χ1) is 17.2. The number of alkyl halides is 2. The van der Waals surface area contributed by atoms with Crippen molar-refractivity contribution < 1.29 is 28.2 Å². The topological polar surface area (TPSA) is 130 Å². The highest BCUT2D eigenvalue weighted by Crippen LogP contribution is 2.27. The third-order valence-electron chi connectivity index (χ3n) is 6.05. The van der Waals surface area contributed by atoms with E-state index in [1.54, 1.807) is 0 Å². The molecule has 1 aromatic carbocycles. The highest BCUT2D eigenvalue weighted by atomic mass is 35.5. The number of ether oxygens (including phenoxy) is 2. The van der Waals surface area contributed by atoms with Crippen LogP contribution in [0.3, 0.4) is 0 Å². The highest BCUT2D eigenvalue weighted by Gasteiger charge is 2.36. The van der Waals surface area contributed by atoms with Gasteiger partial charge in [-0.2, -0.15) is 4.98 Å². The number of aliphatic carboxylic acids is 1. The lowest BCUT2D eigenvalue weighted by molar-refractivity contribution is -0.134. The van der Waals surface area contributed by atoms with Crippen molar-refractivity contribution in [1.29, 1.82) is 0 Å². The van der Waals surface area contributed by atoms with Gasteiger partial charge in [-0.05, 0) is 37.0 Å². The van der Waals surface area contributed by atoms with Crippen LogP contribution in [0.2, 0.25) is 5.02 Å². The number of carboxylic acid groups (broad SMARTS) is 1. The Bertz CT molecular complexity index is 939. The van der Waals surface area contributed by atoms with Crippen molar-refractivity contribution >= 4 is 29.5 Å². The molecule has 200 valence electrons. The summed E-state index contributed by atoms with van der Waals surface area (Å²) in [6.45, 7) is 3.51. The number of rotatable bonds is 8. The molecule has 0 spiro atoms. The predicted octanol–water partition coefficient (Wildman–Crippen LogP) is 2.69. The van der Waals surface area contributed by atoms with Crippen LogP contribution in [0.5, 0.6) is 0 Å². The van der Waals surface area contributed by atoms with E-state index < -0.39 is 19.0 Å². The number of nitrogens with one attached hydrogen (secondary N) is 1. The zero-order valence-corrected chi connectivity index (χ0v) is 20.9. The Morgan fingerprint density at radius 2 is 2.00 bits per heavy atom. The van der Waals surface area contributed by atoms with Gasteiger partial charge in [0.2, 0.25) is 11.9 Å². The van der Waals surface area contributed by atoms with Gasteiger partial charge in [-0.25, -0.2) is 13.9 Å². The lowest BCUT2D eigenvalue weighted by Crippen LogP contribution is -2.58. The van der Waals surface area contributed by atoms with Crippen LogP contribution in [0.25, 0.3) is 0 Å². The largest absolute Gasteiger partial charge is 0.481 e. The van der Waals surface area contributed by atoms with Crippen molar-refractivity contribution in [3.05, 3.63) is 34.9 Å². The van der Waals surface area contributed by atoms with Crippen molar-refractivity contribution in [3.8, 4) is 0 Å². The third kappa shape index (κ3) is 8.84. The summed E-state index contributed by atoms with van der Waals surface area (Å²) in [5.41, 5.74) is 6.85. The zero-order valence-electron chi connectivity index (χ0n) is 20.2. The summed E-state index contributed by atoms with van der Waals surface area (Å²) in [6.07, 6.45) is 0.0219. The van der Waals surface area contributed by atoms with Crippen LogP contribution in [0, 0.1) is 0 Å². The molecule has 0 saturated carbocycles. The molecule has 36 heavy (non-hydrogen) atoms. The number of hydrogen-bond donors (Lipinski definition) is 3. The molecule has 2 saturated heterocycles. The molecule has 4 N–H and O–H groups in total. The van der Waals surface area contributed by atoms with Gasteiger partial charge < -0.3 is 25.2 Å². The number of nitrogen functional groups attached to an aromatic ring is 1. The maximum Gasteiger partial charge on any atom is 0.300 e. The van der Waals surface area contributed by atoms with Crippen LogP contribution >= 0.6 is 11.6 Å². The molecule has 2 aliphatic heterocycles. The smallest absolute Gasteiger partial charge is 0.300 e. The van der Waals surface area contributed by atoms with Crippen LogP contribution in [0.15, 0.2) is 24.3 Å². The predicted molar refractivity (Wildman–Crippen MR) is 132 cm³/mol. The summed E-state index contributed by atoms with van der Waals surface area (Å²) in [4.78, 5) is 17.8. The Kier molecular flexibility index (Phi) is 10.7. The number of anilines is 2. The van der Waals surface area contributed by atoms with Gasteiger partial charge in [-0.1, -0.05) is 23.7 Å². The molecule has 13 heteroatoms. The van der Waals surface area contributed by atoms with E-state index in [1.807, 2.05) is 24.3 Å². The summed E-state index contributed by atoms with van der Waals surface area (Å²) in [7, 11) is 0. The van der Waals surface area contributed by atoms with Crippen molar-refractivity contribution in [2.75, 3.05) is 50.1 Å². The number of carboxylic acids is 1. The van der Waals surface area contributed by atoms with Crippen molar-refractivity contribution in [2.45, 2.75) is 50.8 Å². The second kappa shape index (κ2) is 13.7. The molecule has 1 aromatic heterocycles. The summed E-state index contributed by atoms with van der Waals surface area (Å²) in [5.74, 6) is 0.101. The normalized spacial score (nSPS) is 21.3. The van der Waals surface area contributed by atoms with Crippen LogP contribution in [0.1, 0.15) is 25.3 Å². The third-order valence-corrected chi connectivity index (χ3v) is 6.30. The van der Waals surface area contributed by atoms with E-state index in [0.717, 1.165) is 39.3 Å². The van der Waals surface area contributed by atoms with Crippen molar-refractivity contribution in [2.24, 2.45) is 0 Å². The van der Waals surface area contributed by atoms with E-state index in [0.29, 0.717) is 36.1 Å². The molecular formula is C23H33ClF2N6O4. The first-order valence-electron chi connectivity index (χ1n) is 11.8. The maximum atomic E-state index is 12.5. The van der Waals surface area contributed by atoms with Gasteiger partial charge >= 0.3 is 0 Å². The molecule has 0 unspecified atom stereocenters. The number of H-pyrrole nitrogens is 1. The second-order valence-corrected chi connectivity index (χ2v) is 9.26. The minimum Gasteiger partial charge on any atom is -0.481 e. The number of nitrogens with zero attached hydrogens (tertiary/aromatic N) is 4. The molecule has 2 fully saturated rings. The average molecular weight is 531 g/mol. The molecule has 2 aliphatic rings. The van der Waals surface area contributed by atoms with E-state index >= 15 is 0 Å². The fourth-order valence-electron chi connectivity index (χ4n) is 4.49. The summed E-state index contributed by atoms with van der Waals surface area (Å²) in [5, 5.41) is 15.0. The van der Waals surface area contributed by atoms with Gasteiger partial charge in [0.15, 0.2) is 0 Å². The second-order valence-electron chi connectivity index (χ2n) is 8.82. The van der Waals surface area contributed by atoms with Gasteiger partial charge in [-0.3, -0.25) is 9.69 Å². The van der Waals surface area contributed by atoms with Crippen LogP contribution in [-0.4, -0.2) is 95.2 Å². The monoisotopic (exact) mass is 530 g/mol. The number of hydrogen-bond acceptors (Lipinski definition) is 8. The average Bonchev–Trinajstić information content (AvgIpc) is 3.27. The number of benzene rings is 1. The molecule has 2 atom stereocenters. The fraction of sp³-hybridized carbons (Fsp3) is 0.609. The Balaban J connectivity index is 0.000000840. The molecule has 0 radical (unpaired) electrons. The SMILES string of the molecule is CC(=O)O.Nc1nc(N2CCC(N3C[C@H](COCC(F)F)OC[C@@H]3Cc3ccc(Cl)cc3)CC2)n[nH]1. The Morgan fingerprint density at radius 1 is 1.33 bits per heavy atom. The Morgan fingerprint density at radius 3 is 2.58 bits per heavy atom. The van der Waals surface area contributed by atoms with Crippen LogP contribution in [0.4, 0.5) is 20.7 Å². The lowest BCUT2D eigenvalue weighted by atomic mass is 9.96. The Hall–Kier alpha value is -2.54. The fourth-order valence-corrected chi connectivity index (χ4v) is 4.62. The molecule has 10 nitrogen and oxygen atoms in total. The first kappa shape index (κ1) is 28.0. The molecular weight excluding hydrogens is 498 g/mol. The van der Waals surface area contributed by atoms with Gasteiger partial charge in [0.1, 0.15) is 6.61 Å². The minimum atomic E-state index is -2.47. The molecule has 4 rings (SSSR count). The van der Waals surface area contributed by atoms with Crippen LogP contribution in [-0.2, 0) is 20.7 Å². The number of aromatic nitrogens is 3. The number of morpholine rings is 1. The number of carbonyl (C=O) groups is 1. The number of nitrogens with two attached hydrogens (primary N) is 1. The molecule has 0 aliphatic carbocycles. The standard InChI is InChI=1S/C21H29ClF2N6O2.C2H4O2/c22-15-3-1-14(2-4-15)9-17-11-32-18(12-31-13-19(23)24)10-30(17)16-5-7-29(8-6-16)21-26-20(25)27-28-21;1-2(3)4/h1-4,16-19H,5-13H2,(H3,25,26,27,28);1H3,(H,3,4)/t17-,18+;/m0./s1. The number of aromatic amines is 1. The Labute approximate surface area is 213 Å². The molecule has 2 aromatic rings. The van der Waals surface area contributed by atoms with E-state index in [-0.39, 0.29) is 18.8 Å². The van der Waals surface area contributed by atoms with Gasteiger partial charge in [0.25, 0.3) is 12.4 Å². The minimum absolute atomic E-state index is 0.170. The highest BCUT2D eigenvalue weighted by molar-refractivity contribution is 6.30. The van der Waals surface area contributed by atoms with Gasteiger partial charge in [0.05, 0.1) is 19.3 Å². The quantitative estimate of drug-likeness (QED) is 0.471. The molecule has 0 amide bonds. The van der Waals surface area contributed by atoms with Crippen molar-refractivity contribution in [3.63, 3.8) is 0 Å². The molecule has 0 bridgehead atoms. The van der Waals surface area contributed by atoms with Gasteiger partial charge in [0, 0.05) is 43.7 Å².